The quantitative estimate of drug-likeness (QED) is 0.782. The van der Waals surface area contributed by atoms with E-state index in [9.17, 15) is 4.39 Å². The summed E-state index contributed by atoms with van der Waals surface area (Å²) in [6.45, 7) is 4.85. The van der Waals surface area contributed by atoms with Gasteiger partial charge in [0.15, 0.2) is 0 Å². The van der Waals surface area contributed by atoms with Gasteiger partial charge in [-0.1, -0.05) is 6.07 Å². The molecule has 1 aliphatic rings. The largest absolute Gasteiger partial charge is 0.383 e. The van der Waals surface area contributed by atoms with E-state index < -0.39 is 0 Å². The Hall–Kier alpha value is -1.17. The van der Waals surface area contributed by atoms with E-state index in [1.807, 2.05) is 31.0 Å². The van der Waals surface area contributed by atoms with E-state index >= 15 is 0 Å². The van der Waals surface area contributed by atoms with E-state index in [0.717, 1.165) is 25.1 Å². The standard InChI is InChI=1S/C16H25FN2O2/c1-12-15(6-8-21-12)19(2)16-5-4-13(10-14(16)17)11-18-7-9-20-3/h4-5,10,12,15,18H,6-9,11H2,1-3H3. The third-order valence-corrected chi connectivity index (χ3v) is 4.04. The van der Waals surface area contributed by atoms with Crippen molar-refractivity contribution in [1.29, 1.82) is 0 Å². The van der Waals surface area contributed by atoms with Gasteiger partial charge >= 0.3 is 0 Å². The van der Waals surface area contributed by atoms with Crippen LogP contribution in [0.3, 0.4) is 0 Å². The fourth-order valence-corrected chi connectivity index (χ4v) is 2.76. The summed E-state index contributed by atoms with van der Waals surface area (Å²) >= 11 is 0. The number of likely N-dealkylation sites (N-methyl/N-ethyl adjacent to an activating group) is 1. The van der Waals surface area contributed by atoms with Crippen LogP contribution < -0.4 is 10.2 Å². The van der Waals surface area contributed by atoms with Crippen LogP contribution in [0, 0.1) is 5.82 Å². The number of ether oxygens (including phenoxy) is 2. The Morgan fingerprint density at radius 1 is 1.48 bits per heavy atom. The maximum atomic E-state index is 14.3. The summed E-state index contributed by atoms with van der Waals surface area (Å²) in [6, 6.07) is 5.67. The molecule has 0 spiro atoms. The summed E-state index contributed by atoms with van der Waals surface area (Å²) in [5, 5.41) is 3.22. The van der Waals surface area contributed by atoms with Gasteiger partial charge in [-0.25, -0.2) is 4.39 Å². The minimum atomic E-state index is -0.178. The number of rotatable bonds is 7. The van der Waals surface area contributed by atoms with Crippen LogP contribution in [-0.2, 0) is 16.0 Å². The Morgan fingerprint density at radius 2 is 2.29 bits per heavy atom. The van der Waals surface area contributed by atoms with Crippen LogP contribution in [0.2, 0.25) is 0 Å². The number of methoxy groups -OCH3 is 1. The number of halogens is 1. The molecule has 5 heteroatoms. The SMILES string of the molecule is COCCNCc1ccc(N(C)C2CCOC2C)c(F)c1. The van der Waals surface area contributed by atoms with E-state index in [4.69, 9.17) is 9.47 Å². The van der Waals surface area contributed by atoms with Crippen molar-refractivity contribution in [2.75, 3.05) is 38.8 Å². The van der Waals surface area contributed by atoms with Crippen molar-refractivity contribution in [2.45, 2.75) is 32.0 Å². The molecule has 1 aromatic rings. The molecule has 4 nitrogen and oxygen atoms in total. The van der Waals surface area contributed by atoms with E-state index in [1.54, 1.807) is 13.2 Å². The van der Waals surface area contributed by atoms with Gasteiger partial charge in [-0.2, -0.15) is 0 Å². The first-order chi connectivity index (χ1) is 10.1. The predicted octanol–water partition coefficient (Wildman–Crippen LogP) is 2.18. The smallest absolute Gasteiger partial charge is 0.146 e. The van der Waals surface area contributed by atoms with Crippen LogP contribution in [0.25, 0.3) is 0 Å². The third-order valence-electron chi connectivity index (χ3n) is 4.04. The van der Waals surface area contributed by atoms with E-state index in [0.29, 0.717) is 18.8 Å². The molecule has 0 saturated carbocycles. The average Bonchev–Trinajstić information content (AvgIpc) is 2.89. The average molecular weight is 296 g/mol. The van der Waals surface area contributed by atoms with Crippen molar-refractivity contribution >= 4 is 5.69 Å². The number of hydrogen-bond acceptors (Lipinski definition) is 4. The Labute approximate surface area is 126 Å². The Bertz CT molecular complexity index is 456. The molecule has 1 fully saturated rings. The number of anilines is 1. The van der Waals surface area contributed by atoms with Crippen molar-refractivity contribution in [3.63, 3.8) is 0 Å². The predicted molar refractivity (Wildman–Crippen MR) is 82.2 cm³/mol. The highest BCUT2D eigenvalue weighted by molar-refractivity contribution is 5.49. The normalized spacial score (nSPS) is 21.7. The monoisotopic (exact) mass is 296 g/mol. The van der Waals surface area contributed by atoms with Crippen LogP contribution in [0.15, 0.2) is 18.2 Å². The lowest BCUT2D eigenvalue weighted by Crippen LogP contribution is -2.37. The molecule has 2 rings (SSSR count). The van der Waals surface area contributed by atoms with Crippen molar-refractivity contribution in [3.8, 4) is 0 Å². The second kappa shape index (κ2) is 7.73. The first-order valence-corrected chi connectivity index (χ1v) is 7.46. The first-order valence-electron chi connectivity index (χ1n) is 7.46. The summed E-state index contributed by atoms with van der Waals surface area (Å²) in [5.74, 6) is -0.178. The maximum absolute atomic E-state index is 14.3. The van der Waals surface area contributed by atoms with Gasteiger partial charge in [0.1, 0.15) is 5.82 Å². The molecule has 0 aliphatic carbocycles. The van der Waals surface area contributed by atoms with Gasteiger partial charge in [0.25, 0.3) is 0 Å². The third kappa shape index (κ3) is 4.15. The highest BCUT2D eigenvalue weighted by Gasteiger charge is 2.29. The fourth-order valence-electron chi connectivity index (χ4n) is 2.76. The highest BCUT2D eigenvalue weighted by atomic mass is 19.1. The van der Waals surface area contributed by atoms with Gasteiger partial charge in [-0.15, -0.1) is 0 Å². The second-order valence-electron chi connectivity index (χ2n) is 5.50. The lowest BCUT2D eigenvalue weighted by atomic mass is 10.1. The van der Waals surface area contributed by atoms with Gasteiger partial charge < -0.3 is 19.7 Å². The van der Waals surface area contributed by atoms with Gasteiger partial charge in [-0.05, 0) is 31.0 Å². The summed E-state index contributed by atoms with van der Waals surface area (Å²) in [5.41, 5.74) is 1.58. The number of benzene rings is 1. The second-order valence-corrected chi connectivity index (χ2v) is 5.50. The summed E-state index contributed by atoms with van der Waals surface area (Å²) in [6.07, 6.45) is 1.09. The van der Waals surface area contributed by atoms with Crippen molar-refractivity contribution in [3.05, 3.63) is 29.6 Å². The van der Waals surface area contributed by atoms with Crippen molar-refractivity contribution in [2.24, 2.45) is 0 Å². The Kier molecular flexibility index (Phi) is 5.96. The zero-order valence-electron chi connectivity index (χ0n) is 13.1. The fraction of sp³-hybridized carbons (Fsp3) is 0.625. The van der Waals surface area contributed by atoms with Crippen LogP contribution >= 0.6 is 0 Å². The van der Waals surface area contributed by atoms with Gasteiger partial charge in [0.05, 0.1) is 24.4 Å². The zero-order valence-corrected chi connectivity index (χ0v) is 13.1. The van der Waals surface area contributed by atoms with Crippen LogP contribution in [0.5, 0.6) is 0 Å². The minimum Gasteiger partial charge on any atom is -0.383 e. The molecule has 0 bridgehead atoms. The Morgan fingerprint density at radius 3 is 2.90 bits per heavy atom. The molecule has 1 aromatic carbocycles. The summed E-state index contributed by atoms with van der Waals surface area (Å²) < 4.78 is 24.8. The first kappa shape index (κ1) is 16.2. The van der Waals surface area contributed by atoms with Crippen molar-refractivity contribution in [1.82, 2.24) is 5.32 Å². The summed E-state index contributed by atoms with van der Waals surface area (Å²) in [7, 11) is 3.60. The topological polar surface area (TPSA) is 33.7 Å². The molecule has 0 radical (unpaired) electrons. The molecule has 1 heterocycles. The molecule has 1 aliphatic heterocycles. The van der Waals surface area contributed by atoms with Gasteiger partial charge in [0, 0.05) is 33.9 Å². The van der Waals surface area contributed by atoms with E-state index in [2.05, 4.69) is 5.32 Å². The molecule has 118 valence electrons. The van der Waals surface area contributed by atoms with Gasteiger partial charge in [0.2, 0.25) is 0 Å². The van der Waals surface area contributed by atoms with E-state index in [-0.39, 0.29) is 18.0 Å². The molecule has 21 heavy (non-hydrogen) atoms. The molecule has 2 atom stereocenters. The van der Waals surface area contributed by atoms with Crippen LogP contribution in [0.1, 0.15) is 18.9 Å². The number of nitrogens with zero attached hydrogens (tertiary/aromatic N) is 1. The zero-order chi connectivity index (χ0) is 15.2. The molecule has 2 unspecified atom stereocenters. The van der Waals surface area contributed by atoms with Crippen LogP contribution in [0.4, 0.5) is 10.1 Å². The maximum Gasteiger partial charge on any atom is 0.146 e. The van der Waals surface area contributed by atoms with Crippen LogP contribution in [-0.4, -0.2) is 46.1 Å². The number of hydrogen-bond donors (Lipinski definition) is 1. The Balaban J connectivity index is 1.98. The molecule has 1 saturated heterocycles. The molecule has 0 amide bonds. The molecular formula is C16H25FN2O2. The van der Waals surface area contributed by atoms with Crippen molar-refractivity contribution < 1.29 is 13.9 Å². The molecule has 1 N–H and O–H groups in total. The summed E-state index contributed by atoms with van der Waals surface area (Å²) in [4.78, 5) is 2.00. The van der Waals surface area contributed by atoms with E-state index in [1.165, 1.54) is 0 Å². The highest BCUT2D eigenvalue weighted by Crippen LogP contribution is 2.27. The lowest BCUT2D eigenvalue weighted by Gasteiger charge is -2.29. The molecular weight excluding hydrogens is 271 g/mol. The lowest BCUT2D eigenvalue weighted by molar-refractivity contribution is 0.118. The molecule has 0 aromatic heterocycles. The minimum absolute atomic E-state index is 0.143. The number of nitrogens with one attached hydrogen (secondary N) is 1. The van der Waals surface area contributed by atoms with Gasteiger partial charge in [-0.3, -0.25) is 0 Å².